The van der Waals surface area contributed by atoms with Crippen LogP contribution in [0.1, 0.15) is 15.9 Å². The average Bonchev–Trinajstić information content (AvgIpc) is 3.07. The van der Waals surface area contributed by atoms with Crippen LogP contribution in [0.3, 0.4) is 0 Å². The van der Waals surface area contributed by atoms with Gasteiger partial charge in [-0.2, -0.15) is 0 Å². The molecule has 9 nitrogen and oxygen atoms in total. The number of rotatable bonds is 3. The number of nitrogen functional groups attached to an aromatic ring is 1. The molecule has 3 heterocycles. The minimum atomic E-state index is -0.537. The van der Waals surface area contributed by atoms with Crippen LogP contribution in [0.25, 0.3) is 16.9 Å². The maximum atomic E-state index is 11.9. The normalized spacial score (nSPS) is 13.2. The second-order valence-electron chi connectivity index (χ2n) is 5.87. The van der Waals surface area contributed by atoms with Crippen LogP contribution in [0.4, 0.5) is 11.6 Å². The van der Waals surface area contributed by atoms with E-state index in [1.165, 1.54) is 4.68 Å². The number of carbonyl (C=O) groups is 1. The summed E-state index contributed by atoms with van der Waals surface area (Å²) in [4.78, 5) is 26.9. The van der Waals surface area contributed by atoms with Crippen LogP contribution in [-0.2, 0) is 6.42 Å². The van der Waals surface area contributed by atoms with E-state index in [2.05, 4.69) is 15.4 Å². The quantitative estimate of drug-likeness (QED) is 0.546. The van der Waals surface area contributed by atoms with E-state index in [-0.39, 0.29) is 11.7 Å². The van der Waals surface area contributed by atoms with Gasteiger partial charge in [0.15, 0.2) is 5.82 Å². The molecule has 0 saturated carbocycles. The van der Waals surface area contributed by atoms with E-state index in [9.17, 15) is 14.9 Å². The minimum absolute atomic E-state index is 0.132. The third-order valence-electron chi connectivity index (χ3n) is 4.20. The summed E-state index contributed by atoms with van der Waals surface area (Å²) in [6.07, 6.45) is 2.22. The molecule has 0 saturated heterocycles. The van der Waals surface area contributed by atoms with Gasteiger partial charge >= 0.3 is 5.82 Å². The molecule has 1 amide bonds. The summed E-state index contributed by atoms with van der Waals surface area (Å²) in [5, 5.41) is 18.3. The van der Waals surface area contributed by atoms with Gasteiger partial charge in [0.05, 0.1) is 11.3 Å². The number of nitro groups is 1. The largest absolute Gasteiger partial charge is 0.398 e. The summed E-state index contributed by atoms with van der Waals surface area (Å²) in [6.45, 7) is 0.545. The van der Waals surface area contributed by atoms with Gasteiger partial charge in [0.1, 0.15) is 11.4 Å². The predicted octanol–water partition coefficient (Wildman–Crippen LogP) is 1.71. The Balaban J connectivity index is 1.84. The first-order valence-corrected chi connectivity index (χ1v) is 7.91. The molecule has 0 atom stereocenters. The third-order valence-corrected chi connectivity index (χ3v) is 4.20. The number of aromatic nitrogens is 3. The predicted molar refractivity (Wildman–Crippen MR) is 93.9 cm³/mol. The number of amides is 1. The molecule has 0 bridgehead atoms. The molecular weight excluding hydrogens is 336 g/mol. The zero-order valence-corrected chi connectivity index (χ0v) is 13.5. The number of fused-ring (bicyclic) bond motifs is 1. The van der Waals surface area contributed by atoms with Gasteiger partial charge in [0.25, 0.3) is 5.91 Å². The summed E-state index contributed by atoms with van der Waals surface area (Å²) >= 11 is 0. The molecule has 3 N–H and O–H groups in total. The van der Waals surface area contributed by atoms with E-state index in [1.807, 2.05) is 0 Å². The number of carbonyl (C=O) groups excluding carboxylic acids is 1. The lowest BCUT2D eigenvalue weighted by molar-refractivity contribution is -0.389. The van der Waals surface area contributed by atoms with Gasteiger partial charge in [-0.25, -0.2) is 4.98 Å². The van der Waals surface area contributed by atoms with Crippen molar-refractivity contribution in [3.05, 3.63) is 63.8 Å². The Morgan fingerprint density at radius 2 is 2.08 bits per heavy atom. The van der Waals surface area contributed by atoms with Crippen molar-refractivity contribution in [3.63, 3.8) is 0 Å². The number of hydrogen-bond donors (Lipinski definition) is 2. The SMILES string of the molecule is Nc1cccc(-n2cc(-c3ccc4c(c3)CCNC4=O)c([N+](=O)[O-])n2)n1. The standard InChI is InChI=1S/C17H14N6O3/c18-14-2-1-3-15(20-14)22-9-13(16(21-22)23(25)26)10-4-5-12-11(8-10)6-7-19-17(12)24/h1-5,8-9H,6-7H2,(H2,18,20)(H,19,24). The number of nitrogens with zero attached hydrogens (tertiary/aromatic N) is 4. The van der Waals surface area contributed by atoms with Crippen molar-refractivity contribution >= 4 is 17.5 Å². The Hall–Kier alpha value is -3.75. The van der Waals surface area contributed by atoms with Gasteiger partial charge in [-0.05, 0) is 46.7 Å². The van der Waals surface area contributed by atoms with Gasteiger partial charge in [0.2, 0.25) is 0 Å². The molecule has 1 aromatic carbocycles. The van der Waals surface area contributed by atoms with Gasteiger partial charge in [-0.3, -0.25) is 4.79 Å². The Morgan fingerprint density at radius 3 is 2.85 bits per heavy atom. The molecule has 2 aromatic heterocycles. The fourth-order valence-corrected chi connectivity index (χ4v) is 2.98. The molecule has 0 fully saturated rings. The van der Waals surface area contributed by atoms with E-state index in [1.54, 1.807) is 42.6 Å². The summed E-state index contributed by atoms with van der Waals surface area (Å²) in [5.74, 6) is 0.264. The van der Waals surface area contributed by atoms with E-state index in [0.717, 1.165) is 5.56 Å². The number of anilines is 1. The van der Waals surface area contributed by atoms with Gasteiger partial charge in [-0.1, -0.05) is 12.1 Å². The number of pyridine rings is 1. The van der Waals surface area contributed by atoms with Crippen LogP contribution >= 0.6 is 0 Å². The molecule has 1 aliphatic rings. The number of hydrogen-bond acceptors (Lipinski definition) is 6. The number of benzene rings is 1. The molecule has 9 heteroatoms. The monoisotopic (exact) mass is 350 g/mol. The van der Waals surface area contributed by atoms with Crippen LogP contribution in [0.15, 0.2) is 42.6 Å². The molecular formula is C17H14N6O3. The lowest BCUT2D eigenvalue weighted by Gasteiger charge is -2.16. The topological polar surface area (TPSA) is 129 Å². The van der Waals surface area contributed by atoms with Gasteiger partial charge in [0, 0.05) is 12.1 Å². The van der Waals surface area contributed by atoms with Crippen LogP contribution in [0.5, 0.6) is 0 Å². The summed E-state index contributed by atoms with van der Waals surface area (Å²) < 4.78 is 1.33. The molecule has 4 rings (SSSR count). The fourth-order valence-electron chi connectivity index (χ4n) is 2.98. The molecule has 0 radical (unpaired) electrons. The first-order chi connectivity index (χ1) is 12.5. The molecule has 3 aromatic rings. The van der Waals surface area contributed by atoms with Crippen molar-refractivity contribution < 1.29 is 9.72 Å². The van der Waals surface area contributed by atoms with Crippen molar-refractivity contribution in [1.82, 2.24) is 20.1 Å². The number of nitrogens with one attached hydrogen (secondary N) is 1. The zero-order valence-electron chi connectivity index (χ0n) is 13.5. The van der Waals surface area contributed by atoms with Crippen molar-refractivity contribution in [3.8, 4) is 16.9 Å². The second-order valence-corrected chi connectivity index (χ2v) is 5.87. The molecule has 1 aliphatic heterocycles. The van der Waals surface area contributed by atoms with Crippen LogP contribution in [0.2, 0.25) is 0 Å². The molecule has 0 spiro atoms. The van der Waals surface area contributed by atoms with Crippen molar-refractivity contribution in [2.24, 2.45) is 0 Å². The molecule has 0 aliphatic carbocycles. The highest BCUT2D eigenvalue weighted by molar-refractivity contribution is 5.97. The highest BCUT2D eigenvalue weighted by atomic mass is 16.6. The van der Waals surface area contributed by atoms with Crippen molar-refractivity contribution in [2.75, 3.05) is 12.3 Å². The lowest BCUT2D eigenvalue weighted by Crippen LogP contribution is -2.31. The highest BCUT2D eigenvalue weighted by Gasteiger charge is 2.25. The van der Waals surface area contributed by atoms with Crippen LogP contribution < -0.4 is 11.1 Å². The van der Waals surface area contributed by atoms with Crippen LogP contribution in [-0.4, -0.2) is 32.1 Å². The Bertz CT molecular complexity index is 1040. The third kappa shape index (κ3) is 2.65. The molecule has 130 valence electrons. The van der Waals surface area contributed by atoms with E-state index >= 15 is 0 Å². The van der Waals surface area contributed by atoms with Crippen LogP contribution in [0, 0.1) is 10.1 Å². The Labute approximate surface area is 147 Å². The first-order valence-electron chi connectivity index (χ1n) is 7.91. The second kappa shape index (κ2) is 5.96. The average molecular weight is 350 g/mol. The summed E-state index contributed by atoms with van der Waals surface area (Å²) in [5.41, 5.74) is 8.10. The van der Waals surface area contributed by atoms with Gasteiger partial charge in [-0.15, -0.1) is 4.68 Å². The Morgan fingerprint density at radius 1 is 1.23 bits per heavy atom. The number of nitrogens with two attached hydrogens (primary N) is 1. The first kappa shape index (κ1) is 15.8. The van der Waals surface area contributed by atoms with Crippen molar-refractivity contribution in [2.45, 2.75) is 6.42 Å². The van der Waals surface area contributed by atoms with Gasteiger partial charge < -0.3 is 21.2 Å². The highest BCUT2D eigenvalue weighted by Crippen LogP contribution is 2.31. The molecule has 26 heavy (non-hydrogen) atoms. The van der Waals surface area contributed by atoms with E-state index < -0.39 is 4.92 Å². The summed E-state index contributed by atoms with van der Waals surface area (Å²) in [7, 11) is 0. The molecule has 0 unspecified atom stereocenters. The maximum Gasteiger partial charge on any atom is 0.398 e. The van der Waals surface area contributed by atoms with E-state index in [0.29, 0.717) is 41.3 Å². The lowest BCUT2D eigenvalue weighted by atomic mass is 9.96. The fraction of sp³-hybridized carbons (Fsp3) is 0.118. The van der Waals surface area contributed by atoms with Crippen molar-refractivity contribution in [1.29, 1.82) is 0 Å². The zero-order chi connectivity index (χ0) is 18.3. The van der Waals surface area contributed by atoms with E-state index in [4.69, 9.17) is 5.73 Å². The minimum Gasteiger partial charge on any atom is -0.384 e. The maximum absolute atomic E-state index is 11.9. The summed E-state index contributed by atoms with van der Waals surface area (Å²) in [6, 6.07) is 10.1. The smallest absolute Gasteiger partial charge is 0.384 e. The Kier molecular flexibility index (Phi) is 3.61.